The number of carbonyl (C=O) groups excluding carboxylic acids is 3. The molecular weight excluding hydrogens is 843 g/mol. The second kappa shape index (κ2) is 23.2. The number of rotatable bonds is 5. The van der Waals surface area contributed by atoms with Crippen LogP contribution in [0.4, 0.5) is 0 Å². The molecule has 10 nitrogen and oxygen atoms in total. The molecule has 0 aliphatic carbocycles. The first kappa shape index (κ1) is 43.7. The minimum atomic E-state index is -1.18. The van der Waals surface area contributed by atoms with Gasteiger partial charge in [-0.25, -0.2) is 4.98 Å². The topological polar surface area (TPSA) is 192 Å². The van der Waals surface area contributed by atoms with Crippen LogP contribution in [-0.2, 0) is 5.48 Å². The van der Waals surface area contributed by atoms with Crippen LogP contribution in [0.3, 0.4) is 0 Å². The summed E-state index contributed by atoms with van der Waals surface area (Å²) in [5.41, 5.74) is 3.89. The number of carbonyl (C=O) groups is 3. The average Bonchev–Trinajstić information content (AvgIpc) is 3.10. The van der Waals surface area contributed by atoms with Crippen LogP contribution in [0.5, 0.6) is 0 Å². The average molecular weight is 869 g/mol. The third-order valence-corrected chi connectivity index (χ3v) is 6.60. The van der Waals surface area contributed by atoms with Gasteiger partial charge in [-0.1, -0.05) is 89.4 Å². The molecule has 0 bridgehead atoms. The van der Waals surface area contributed by atoms with Crippen molar-refractivity contribution in [2.45, 2.75) is 0 Å². The molecule has 50 heavy (non-hydrogen) atoms. The van der Waals surface area contributed by atoms with Gasteiger partial charge in [0, 0.05) is 27.5 Å². The molecule has 0 atom stereocenters. The van der Waals surface area contributed by atoms with Crippen LogP contribution in [0.1, 0.15) is 31.1 Å². The number of carboxylic acids is 3. The van der Waals surface area contributed by atoms with Crippen LogP contribution in [0.15, 0.2) is 140 Å². The SMILES string of the molecule is O=C([O-])c1ccc(Cl)cc1.O=C([O-])c1ccc(Cl)cc1.O=C([O-])c1ccc(Cl)cc1.[OH3+].[Sm+3].c1ccc(-c2cccc(-c3ccccn3)n2)nc1. The molecular formula is C36H26Cl3N3O7Sm+. The van der Waals surface area contributed by atoms with Crippen molar-refractivity contribution in [2.75, 3.05) is 0 Å². The molecule has 3 heterocycles. The number of hydrogen-bond donors (Lipinski definition) is 0. The van der Waals surface area contributed by atoms with E-state index in [2.05, 4.69) is 15.0 Å². The van der Waals surface area contributed by atoms with Gasteiger partial charge in [-0.3, -0.25) is 9.97 Å². The molecule has 3 aromatic carbocycles. The molecule has 6 aromatic rings. The van der Waals surface area contributed by atoms with Crippen molar-refractivity contribution in [2.24, 2.45) is 0 Å². The van der Waals surface area contributed by atoms with Crippen molar-refractivity contribution >= 4 is 52.7 Å². The summed E-state index contributed by atoms with van der Waals surface area (Å²) in [7, 11) is 0. The van der Waals surface area contributed by atoms with Crippen LogP contribution in [0, 0.1) is 40.4 Å². The summed E-state index contributed by atoms with van der Waals surface area (Å²) in [5.74, 6) is -3.55. The number of hydrogen-bond acceptors (Lipinski definition) is 9. The molecule has 0 aliphatic rings. The van der Waals surface area contributed by atoms with Gasteiger partial charge in [-0.15, -0.1) is 0 Å². The van der Waals surface area contributed by atoms with Gasteiger partial charge in [0.2, 0.25) is 0 Å². The predicted molar refractivity (Wildman–Crippen MR) is 183 cm³/mol. The molecule has 0 spiro atoms. The van der Waals surface area contributed by atoms with E-state index in [9.17, 15) is 29.7 Å². The third-order valence-electron chi connectivity index (χ3n) is 5.84. The van der Waals surface area contributed by atoms with Crippen LogP contribution < -0.4 is 15.3 Å². The van der Waals surface area contributed by atoms with Gasteiger partial charge in [0.05, 0.1) is 40.7 Å². The molecule has 3 N–H and O–H groups in total. The monoisotopic (exact) mass is 869 g/mol. The number of benzene rings is 3. The number of nitrogens with zero attached hydrogens (tertiary/aromatic N) is 3. The Morgan fingerprint density at radius 3 is 0.940 bits per heavy atom. The van der Waals surface area contributed by atoms with Crippen LogP contribution >= 0.6 is 34.8 Å². The molecule has 0 amide bonds. The second-order valence-electron chi connectivity index (χ2n) is 9.22. The number of pyridine rings is 3. The van der Waals surface area contributed by atoms with Gasteiger partial charge < -0.3 is 35.2 Å². The predicted octanol–water partition coefficient (Wildman–Crippen LogP) is 4.39. The molecule has 253 valence electrons. The maximum atomic E-state index is 10.2. The third kappa shape index (κ3) is 15.5. The van der Waals surface area contributed by atoms with E-state index >= 15 is 0 Å². The van der Waals surface area contributed by atoms with Gasteiger partial charge in [0.15, 0.2) is 0 Å². The van der Waals surface area contributed by atoms with E-state index in [4.69, 9.17) is 34.8 Å². The number of aromatic nitrogens is 3. The first-order valence-electron chi connectivity index (χ1n) is 13.7. The van der Waals surface area contributed by atoms with Crippen molar-refractivity contribution in [1.82, 2.24) is 15.0 Å². The summed E-state index contributed by atoms with van der Waals surface area (Å²) >= 11 is 16.5. The number of halogens is 3. The van der Waals surface area contributed by atoms with Crippen molar-refractivity contribution in [1.29, 1.82) is 0 Å². The normalized spacial score (nSPS) is 9.26. The number of carboxylic acid groups (broad SMARTS) is 3. The van der Waals surface area contributed by atoms with Gasteiger partial charge in [-0.2, -0.15) is 0 Å². The smallest absolute Gasteiger partial charge is 0.545 e. The van der Waals surface area contributed by atoms with Crippen molar-refractivity contribution in [3.8, 4) is 22.8 Å². The fourth-order valence-electron chi connectivity index (χ4n) is 3.51. The fraction of sp³-hybridized carbons (Fsp3) is 0. The molecule has 14 heteroatoms. The summed E-state index contributed by atoms with van der Waals surface area (Å²) in [6.07, 6.45) is 3.54. The van der Waals surface area contributed by atoms with Crippen LogP contribution in [0.2, 0.25) is 15.1 Å². The summed E-state index contributed by atoms with van der Waals surface area (Å²) in [5, 5.41) is 32.0. The fourth-order valence-corrected chi connectivity index (χ4v) is 3.88. The van der Waals surface area contributed by atoms with E-state index < -0.39 is 17.9 Å². The Hall–Kier alpha value is -4.31. The summed E-state index contributed by atoms with van der Waals surface area (Å²) in [6.45, 7) is 0. The zero-order chi connectivity index (χ0) is 34.9. The van der Waals surface area contributed by atoms with E-state index in [-0.39, 0.29) is 62.6 Å². The molecule has 0 aliphatic heterocycles. The minimum Gasteiger partial charge on any atom is -0.545 e. The van der Waals surface area contributed by atoms with E-state index in [0.717, 1.165) is 22.8 Å². The number of aromatic carboxylic acids is 3. The Morgan fingerprint density at radius 1 is 0.420 bits per heavy atom. The van der Waals surface area contributed by atoms with Crippen LogP contribution in [0.25, 0.3) is 22.8 Å². The largest absolute Gasteiger partial charge is 3.00 e. The molecule has 3 aromatic heterocycles. The summed E-state index contributed by atoms with van der Waals surface area (Å²) < 4.78 is 0. The van der Waals surface area contributed by atoms with Gasteiger partial charge in [0.1, 0.15) is 0 Å². The molecule has 0 unspecified atom stereocenters. The van der Waals surface area contributed by atoms with Crippen molar-refractivity contribution < 1.29 is 75.6 Å². The zero-order valence-corrected chi connectivity index (χ0v) is 30.6. The van der Waals surface area contributed by atoms with E-state index in [1.807, 2.05) is 54.6 Å². The molecule has 0 saturated heterocycles. The molecule has 1 radical (unpaired) electrons. The Kier molecular flexibility index (Phi) is 20.2. The van der Waals surface area contributed by atoms with E-state index in [0.29, 0.717) is 15.1 Å². The maximum Gasteiger partial charge on any atom is 3.00 e. The summed E-state index contributed by atoms with van der Waals surface area (Å²) in [6, 6.07) is 34.9. The second-order valence-corrected chi connectivity index (χ2v) is 10.5. The van der Waals surface area contributed by atoms with E-state index in [1.54, 1.807) is 12.4 Å². The standard InChI is InChI=1S/C15H11N3.3C7H5ClO2.H2O.Sm/c1-3-10-16-12(6-1)14-8-5-9-15(18-14)13-7-2-4-11-17-13;3*8-6-3-1-5(2-4-6)7(9)10;;/h1-11H;3*1-4H,(H,9,10);1H2;/q;;;;;+3/p-2. The Morgan fingerprint density at radius 2 is 0.700 bits per heavy atom. The molecule has 0 fully saturated rings. The quantitative estimate of drug-likeness (QED) is 0.226. The van der Waals surface area contributed by atoms with Gasteiger partial charge in [0.25, 0.3) is 0 Å². The van der Waals surface area contributed by atoms with Gasteiger partial charge >= 0.3 is 40.4 Å². The van der Waals surface area contributed by atoms with E-state index in [1.165, 1.54) is 72.8 Å². The maximum absolute atomic E-state index is 10.2. The first-order valence-corrected chi connectivity index (χ1v) is 14.9. The minimum absolute atomic E-state index is 0. The molecule has 0 saturated carbocycles. The first-order chi connectivity index (χ1) is 23.0. The Labute approximate surface area is 334 Å². The van der Waals surface area contributed by atoms with Gasteiger partial charge in [-0.05, 0) is 89.5 Å². The van der Waals surface area contributed by atoms with Crippen molar-refractivity contribution in [3.05, 3.63) is 172 Å². The van der Waals surface area contributed by atoms with Crippen LogP contribution in [-0.4, -0.2) is 32.9 Å². The summed E-state index contributed by atoms with van der Waals surface area (Å²) in [4.78, 5) is 43.7. The molecule has 6 rings (SSSR count). The zero-order valence-electron chi connectivity index (χ0n) is 25.7. The Balaban J connectivity index is 0.000000344. The Bertz CT molecular complexity index is 1730. The van der Waals surface area contributed by atoms with Crippen molar-refractivity contribution in [3.63, 3.8) is 0 Å².